The predicted octanol–water partition coefficient (Wildman–Crippen LogP) is 9.57. The summed E-state index contributed by atoms with van der Waals surface area (Å²) in [6, 6.07) is 44.4. The van der Waals surface area contributed by atoms with Crippen molar-refractivity contribution in [3.8, 4) is 51.2 Å². The van der Waals surface area contributed by atoms with Crippen LogP contribution < -0.4 is 9.47 Å². The number of fused-ring (bicyclic) bond motifs is 4. The molecule has 0 bridgehead atoms. The number of aromatic hydroxyl groups is 1. The molecule has 0 unspecified atom stereocenters. The number of phenolic OH excluding ortho intramolecular Hbond substituents is 1. The van der Waals surface area contributed by atoms with Gasteiger partial charge >= 0.3 is 0 Å². The first-order chi connectivity index (χ1) is 22.2. The maximum atomic E-state index is 11.0. The molecule has 0 radical (unpaired) electrons. The van der Waals surface area contributed by atoms with Crippen LogP contribution in [0.1, 0.15) is 0 Å². The van der Waals surface area contributed by atoms with E-state index in [0.717, 1.165) is 55.3 Å². The Bertz CT molecular complexity index is 2350. The van der Waals surface area contributed by atoms with Crippen LogP contribution in [0.3, 0.4) is 0 Å². The summed E-state index contributed by atoms with van der Waals surface area (Å²) in [4.78, 5) is 9.54. The lowest BCUT2D eigenvalue weighted by Gasteiger charge is -2.14. The molecule has 3 aromatic heterocycles. The normalized spacial score (nSPS) is 11.3. The molecule has 1 N–H and O–H groups in total. The Morgan fingerprint density at radius 2 is 1.33 bits per heavy atom. The summed E-state index contributed by atoms with van der Waals surface area (Å²) in [5.74, 6) is 2.10. The highest BCUT2D eigenvalue weighted by Gasteiger charge is 2.18. The second kappa shape index (κ2) is 10.8. The van der Waals surface area contributed by atoms with Crippen LogP contribution in [0.15, 0.2) is 140 Å². The van der Waals surface area contributed by atoms with E-state index in [0.29, 0.717) is 22.9 Å². The molecule has 3 heterocycles. The smallest absolute Gasteiger partial charge is 0.220 e. The van der Waals surface area contributed by atoms with Crippen molar-refractivity contribution < 1.29 is 14.6 Å². The number of rotatable bonds is 6. The molecule has 0 saturated heterocycles. The number of ether oxygens (including phenoxy) is 2. The second-order valence-electron chi connectivity index (χ2n) is 10.8. The number of hydrogen-bond donors (Lipinski definition) is 1. The molecule has 8 rings (SSSR count). The number of hydrogen-bond acceptors (Lipinski definition) is 5. The molecule has 8 aromatic rings. The fraction of sp³-hybridized carbons (Fsp3) is 0.0256. The Kier molecular flexibility index (Phi) is 6.38. The zero-order valence-corrected chi connectivity index (χ0v) is 24.4. The fourth-order valence-corrected chi connectivity index (χ4v) is 6.04. The van der Waals surface area contributed by atoms with Crippen molar-refractivity contribution in [3.05, 3.63) is 140 Å². The molecule has 6 nitrogen and oxygen atoms in total. The molecule has 0 aliphatic carbocycles. The molecule has 0 fully saturated rings. The molecule has 0 aliphatic heterocycles. The van der Waals surface area contributed by atoms with Crippen LogP contribution in [0.25, 0.3) is 60.8 Å². The molecule has 6 heteroatoms. The quantitative estimate of drug-likeness (QED) is 0.210. The fourth-order valence-electron chi connectivity index (χ4n) is 6.04. The van der Waals surface area contributed by atoms with Gasteiger partial charge in [0.15, 0.2) is 11.5 Å². The molecule has 0 spiro atoms. The summed E-state index contributed by atoms with van der Waals surface area (Å²) in [7, 11) is 1.53. The van der Waals surface area contributed by atoms with Gasteiger partial charge in [-0.1, -0.05) is 78.9 Å². The number of aromatic nitrogens is 3. The van der Waals surface area contributed by atoms with Crippen molar-refractivity contribution in [1.29, 1.82) is 0 Å². The average Bonchev–Trinajstić information content (AvgIpc) is 3.43. The van der Waals surface area contributed by atoms with Crippen molar-refractivity contribution in [2.24, 2.45) is 0 Å². The number of benzene rings is 5. The van der Waals surface area contributed by atoms with Gasteiger partial charge in [0, 0.05) is 34.5 Å². The number of phenols is 1. The highest BCUT2D eigenvalue weighted by molar-refractivity contribution is 6.09. The van der Waals surface area contributed by atoms with E-state index in [4.69, 9.17) is 19.4 Å². The molecule has 0 amide bonds. The molecule has 0 atom stereocenters. The Labute approximate surface area is 259 Å². The highest BCUT2D eigenvalue weighted by atomic mass is 16.5. The summed E-state index contributed by atoms with van der Waals surface area (Å²) in [5, 5.41) is 14.1. The third-order valence-corrected chi connectivity index (χ3v) is 8.15. The van der Waals surface area contributed by atoms with Crippen LogP contribution in [0.4, 0.5) is 0 Å². The van der Waals surface area contributed by atoms with Crippen LogP contribution >= 0.6 is 0 Å². The van der Waals surface area contributed by atoms with Crippen molar-refractivity contribution in [2.45, 2.75) is 0 Å². The van der Waals surface area contributed by atoms with Crippen molar-refractivity contribution in [1.82, 2.24) is 14.5 Å². The standard InChI is InChI=1S/C39H27N3O3/c1-44-35-19-18-31-32(26-12-6-3-7-13-26)24-37(41-38(31)39(35)43)45-28-16-17-30-29-14-8-9-15-33(29)42(34(30)23-28)36-22-27(20-21-40-36)25-10-4-2-5-11-25/h2-24,43H,1H3. The number of para-hydroxylation sites is 1. The van der Waals surface area contributed by atoms with E-state index in [2.05, 4.69) is 47.0 Å². The van der Waals surface area contributed by atoms with Crippen LogP contribution in [0.2, 0.25) is 0 Å². The zero-order chi connectivity index (χ0) is 30.3. The lowest BCUT2D eigenvalue weighted by atomic mass is 10.0. The molecule has 0 saturated carbocycles. The summed E-state index contributed by atoms with van der Waals surface area (Å²) in [6.45, 7) is 0. The van der Waals surface area contributed by atoms with Crippen LogP contribution in [0.5, 0.6) is 23.1 Å². The summed E-state index contributed by atoms with van der Waals surface area (Å²) in [6.07, 6.45) is 1.85. The van der Waals surface area contributed by atoms with Crippen LogP contribution in [0, 0.1) is 0 Å². The Morgan fingerprint density at radius 3 is 2.13 bits per heavy atom. The number of nitrogens with zero attached hydrogens (tertiary/aromatic N) is 3. The first kappa shape index (κ1) is 26.5. The predicted molar refractivity (Wildman–Crippen MR) is 179 cm³/mol. The van der Waals surface area contributed by atoms with Gasteiger partial charge in [0.25, 0.3) is 0 Å². The van der Waals surface area contributed by atoms with Crippen molar-refractivity contribution >= 4 is 32.7 Å². The SMILES string of the molecule is COc1ccc2c(-c3ccccc3)cc(Oc3ccc4c5ccccc5n(-c5cc(-c6ccccc6)ccn5)c4c3)nc2c1O. The second-order valence-corrected chi connectivity index (χ2v) is 10.8. The maximum Gasteiger partial charge on any atom is 0.220 e. The van der Waals surface area contributed by atoms with Crippen molar-refractivity contribution in [2.75, 3.05) is 7.11 Å². The number of methoxy groups -OCH3 is 1. The monoisotopic (exact) mass is 585 g/mol. The maximum absolute atomic E-state index is 11.0. The first-order valence-corrected chi connectivity index (χ1v) is 14.7. The van der Waals surface area contributed by atoms with E-state index in [9.17, 15) is 5.11 Å². The molecule has 5 aromatic carbocycles. The molecule has 0 aliphatic rings. The van der Waals surface area contributed by atoms with E-state index < -0.39 is 0 Å². The molecule has 216 valence electrons. The van der Waals surface area contributed by atoms with E-state index in [-0.39, 0.29) is 5.75 Å². The van der Waals surface area contributed by atoms with Gasteiger partial charge in [0.1, 0.15) is 17.1 Å². The van der Waals surface area contributed by atoms with E-state index in [1.165, 1.54) is 7.11 Å². The third kappa shape index (κ3) is 4.60. The van der Waals surface area contributed by atoms with Gasteiger partial charge in [-0.25, -0.2) is 9.97 Å². The lowest BCUT2D eigenvalue weighted by molar-refractivity contribution is 0.375. The number of pyridine rings is 2. The molecule has 45 heavy (non-hydrogen) atoms. The van der Waals surface area contributed by atoms with Gasteiger partial charge in [-0.05, 0) is 64.7 Å². The zero-order valence-electron chi connectivity index (χ0n) is 24.4. The topological polar surface area (TPSA) is 69.4 Å². The summed E-state index contributed by atoms with van der Waals surface area (Å²) < 4.78 is 14.0. The van der Waals surface area contributed by atoms with Gasteiger partial charge < -0.3 is 14.6 Å². The minimum Gasteiger partial charge on any atom is -0.503 e. The first-order valence-electron chi connectivity index (χ1n) is 14.7. The van der Waals surface area contributed by atoms with E-state index in [1.807, 2.05) is 91.1 Å². The van der Waals surface area contributed by atoms with Gasteiger partial charge in [0.05, 0.1) is 18.1 Å². The Morgan fingerprint density at radius 1 is 0.622 bits per heavy atom. The van der Waals surface area contributed by atoms with Crippen molar-refractivity contribution in [3.63, 3.8) is 0 Å². The van der Waals surface area contributed by atoms with E-state index in [1.54, 1.807) is 6.07 Å². The van der Waals surface area contributed by atoms with Gasteiger partial charge in [-0.2, -0.15) is 0 Å². The summed E-state index contributed by atoms with van der Waals surface area (Å²) >= 11 is 0. The van der Waals surface area contributed by atoms with Crippen LogP contribution in [-0.4, -0.2) is 26.8 Å². The van der Waals surface area contributed by atoms with E-state index >= 15 is 0 Å². The van der Waals surface area contributed by atoms with Gasteiger partial charge in [0.2, 0.25) is 5.88 Å². The lowest BCUT2D eigenvalue weighted by Crippen LogP contribution is -1.98. The summed E-state index contributed by atoms with van der Waals surface area (Å²) in [5.41, 5.74) is 6.51. The largest absolute Gasteiger partial charge is 0.503 e. The minimum absolute atomic E-state index is 0.0300. The third-order valence-electron chi connectivity index (χ3n) is 8.15. The Hall–Kier alpha value is -6.14. The Balaban J connectivity index is 1.29. The minimum atomic E-state index is -0.0300. The molecular weight excluding hydrogens is 558 g/mol. The average molecular weight is 586 g/mol. The van der Waals surface area contributed by atoms with Crippen LogP contribution in [-0.2, 0) is 0 Å². The van der Waals surface area contributed by atoms with Gasteiger partial charge in [-0.15, -0.1) is 0 Å². The van der Waals surface area contributed by atoms with Gasteiger partial charge in [-0.3, -0.25) is 4.57 Å². The highest BCUT2D eigenvalue weighted by Crippen LogP contribution is 2.41. The molecular formula is C39H27N3O3.